The zero-order chi connectivity index (χ0) is 14.1. The van der Waals surface area contributed by atoms with Crippen LogP contribution in [0, 0.1) is 0 Å². The van der Waals surface area contributed by atoms with Gasteiger partial charge >= 0.3 is 0 Å². The van der Waals surface area contributed by atoms with Crippen LogP contribution in [0.3, 0.4) is 0 Å². The van der Waals surface area contributed by atoms with Gasteiger partial charge < -0.3 is 20.1 Å². The molecule has 1 unspecified atom stereocenters. The van der Waals surface area contributed by atoms with Crippen LogP contribution >= 0.6 is 0 Å². The van der Waals surface area contributed by atoms with Crippen molar-refractivity contribution in [2.45, 2.75) is 19.4 Å². The second-order valence-corrected chi connectivity index (χ2v) is 4.39. The van der Waals surface area contributed by atoms with E-state index in [1.165, 1.54) is 7.11 Å². The van der Waals surface area contributed by atoms with Crippen LogP contribution in [0.1, 0.15) is 13.3 Å². The van der Waals surface area contributed by atoms with Gasteiger partial charge in [-0.15, -0.1) is 0 Å². The van der Waals surface area contributed by atoms with Gasteiger partial charge in [0.15, 0.2) is 0 Å². The lowest BCUT2D eigenvalue weighted by Gasteiger charge is -2.15. The summed E-state index contributed by atoms with van der Waals surface area (Å²) in [6.07, 6.45) is 0.927. The molecule has 0 aromatic heterocycles. The standard InChI is InChI=1S/C14H22N2O3/c1-11(7-8-18-2)15-12-5-4-6-13(9-12)16-14(17)10-19-3/h4-6,9,11,15H,7-8,10H2,1-3H3,(H,16,17). The molecule has 0 saturated heterocycles. The number of nitrogens with one attached hydrogen (secondary N) is 2. The molecule has 0 fully saturated rings. The van der Waals surface area contributed by atoms with Crippen molar-refractivity contribution in [2.75, 3.05) is 38.1 Å². The van der Waals surface area contributed by atoms with Crippen LogP contribution in [0.2, 0.25) is 0 Å². The highest BCUT2D eigenvalue weighted by molar-refractivity contribution is 5.92. The molecule has 5 heteroatoms. The number of amides is 1. The summed E-state index contributed by atoms with van der Waals surface area (Å²) in [4.78, 5) is 11.4. The highest BCUT2D eigenvalue weighted by atomic mass is 16.5. The van der Waals surface area contributed by atoms with Crippen molar-refractivity contribution >= 4 is 17.3 Å². The summed E-state index contributed by atoms with van der Waals surface area (Å²) in [6, 6.07) is 7.92. The van der Waals surface area contributed by atoms with E-state index >= 15 is 0 Å². The maximum absolute atomic E-state index is 11.4. The monoisotopic (exact) mass is 266 g/mol. The van der Waals surface area contributed by atoms with E-state index in [-0.39, 0.29) is 12.5 Å². The summed E-state index contributed by atoms with van der Waals surface area (Å²) < 4.78 is 9.82. The number of benzene rings is 1. The molecule has 0 bridgehead atoms. The highest BCUT2D eigenvalue weighted by Crippen LogP contribution is 2.16. The smallest absolute Gasteiger partial charge is 0.250 e. The molecule has 2 N–H and O–H groups in total. The zero-order valence-electron chi connectivity index (χ0n) is 11.7. The van der Waals surface area contributed by atoms with Crippen LogP contribution < -0.4 is 10.6 Å². The summed E-state index contributed by atoms with van der Waals surface area (Å²) in [5.41, 5.74) is 1.73. The minimum Gasteiger partial charge on any atom is -0.385 e. The van der Waals surface area contributed by atoms with Gasteiger partial charge in [-0.1, -0.05) is 6.07 Å². The number of carbonyl (C=O) groups excluding carboxylic acids is 1. The normalized spacial score (nSPS) is 11.9. The van der Waals surface area contributed by atoms with E-state index < -0.39 is 0 Å². The van der Waals surface area contributed by atoms with Crippen LogP contribution in [0.5, 0.6) is 0 Å². The first kappa shape index (κ1) is 15.5. The van der Waals surface area contributed by atoms with Gasteiger partial charge in [-0.2, -0.15) is 0 Å². The highest BCUT2D eigenvalue weighted by Gasteiger charge is 2.04. The molecule has 0 aliphatic rings. The Kier molecular flexibility index (Phi) is 6.92. The molecular formula is C14H22N2O3. The zero-order valence-corrected chi connectivity index (χ0v) is 11.7. The number of ether oxygens (including phenoxy) is 2. The first-order valence-electron chi connectivity index (χ1n) is 6.30. The summed E-state index contributed by atoms with van der Waals surface area (Å²) in [6.45, 7) is 2.87. The second kappa shape index (κ2) is 8.50. The van der Waals surface area contributed by atoms with E-state index in [1.54, 1.807) is 7.11 Å². The van der Waals surface area contributed by atoms with Gasteiger partial charge in [-0.25, -0.2) is 0 Å². The quantitative estimate of drug-likeness (QED) is 0.756. The fraction of sp³-hybridized carbons (Fsp3) is 0.500. The topological polar surface area (TPSA) is 59.6 Å². The van der Waals surface area contributed by atoms with Gasteiger partial charge in [-0.3, -0.25) is 4.79 Å². The maximum Gasteiger partial charge on any atom is 0.250 e. The summed E-state index contributed by atoms with van der Waals surface area (Å²) >= 11 is 0. The molecule has 0 saturated carbocycles. The SMILES string of the molecule is COCCC(C)Nc1cccc(NC(=O)COC)c1. The minimum atomic E-state index is -0.160. The molecule has 1 atom stereocenters. The van der Waals surface area contributed by atoms with Crippen LogP contribution in [0.15, 0.2) is 24.3 Å². The molecule has 0 spiro atoms. The number of hydrogen-bond donors (Lipinski definition) is 2. The molecule has 1 aromatic carbocycles. The first-order chi connectivity index (χ1) is 9.15. The minimum absolute atomic E-state index is 0.0574. The van der Waals surface area contributed by atoms with E-state index in [4.69, 9.17) is 9.47 Å². The van der Waals surface area contributed by atoms with Crippen LogP contribution in [0.4, 0.5) is 11.4 Å². The fourth-order valence-electron chi connectivity index (χ4n) is 1.67. The van der Waals surface area contributed by atoms with Gasteiger partial charge in [0.1, 0.15) is 6.61 Å². The lowest BCUT2D eigenvalue weighted by molar-refractivity contribution is -0.119. The molecule has 1 aromatic rings. The fourth-order valence-corrected chi connectivity index (χ4v) is 1.67. The third kappa shape index (κ3) is 6.22. The average Bonchev–Trinajstić information content (AvgIpc) is 2.37. The Bertz CT molecular complexity index is 396. The molecule has 5 nitrogen and oxygen atoms in total. The number of carbonyl (C=O) groups is 1. The molecule has 0 aliphatic carbocycles. The lowest BCUT2D eigenvalue weighted by Crippen LogP contribution is -2.18. The van der Waals surface area contributed by atoms with E-state index in [9.17, 15) is 4.79 Å². The number of rotatable bonds is 8. The van der Waals surface area contributed by atoms with Crippen LogP contribution in [-0.4, -0.2) is 39.4 Å². The molecule has 1 amide bonds. The number of methoxy groups -OCH3 is 2. The van der Waals surface area contributed by atoms with Crippen molar-refractivity contribution < 1.29 is 14.3 Å². The van der Waals surface area contributed by atoms with Gasteiger partial charge in [0.25, 0.3) is 0 Å². The second-order valence-electron chi connectivity index (χ2n) is 4.39. The molecule has 19 heavy (non-hydrogen) atoms. The van der Waals surface area contributed by atoms with Crippen molar-refractivity contribution in [1.29, 1.82) is 0 Å². The van der Waals surface area contributed by atoms with Crippen LogP contribution in [0.25, 0.3) is 0 Å². The van der Waals surface area contributed by atoms with Gasteiger partial charge in [-0.05, 0) is 31.5 Å². The molecule has 0 heterocycles. The van der Waals surface area contributed by atoms with Crippen molar-refractivity contribution in [3.63, 3.8) is 0 Å². The third-order valence-electron chi connectivity index (χ3n) is 2.59. The summed E-state index contributed by atoms with van der Waals surface area (Å²) in [5.74, 6) is -0.160. The first-order valence-corrected chi connectivity index (χ1v) is 6.30. The van der Waals surface area contributed by atoms with Crippen molar-refractivity contribution in [1.82, 2.24) is 0 Å². The van der Waals surface area contributed by atoms with Gasteiger partial charge in [0.05, 0.1) is 0 Å². The summed E-state index contributed by atoms with van der Waals surface area (Å²) in [7, 11) is 3.19. The van der Waals surface area contributed by atoms with Crippen molar-refractivity contribution in [3.05, 3.63) is 24.3 Å². The summed E-state index contributed by atoms with van der Waals surface area (Å²) in [5, 5.41) is 6.13. The Morgan fingerprint density at radius 2 is 2.00 bits per heavy atom. The van der Waals surface area contributed by atoms with Gasteiger partial charge in [0.2, 0.25) is 5.91 Å². The maximum atomic E-state index is 11.4. The molecule has 1 rings (SSSR count). The van der Waals surface area contributed by atoms with Crippen molar-refractivity contribution in [3.8, 4) is 0 Å². The van der Waals surface area contributed by atoms with E-state index in [2.05, 4.69) is 17.6 Å². The Morgan fingerprint density at radius 1 is 1.26 bits per heavy atom. The largest absolute Gasteiger partial charge is 0.385 e. The van der Waals surface area contributed by atoms with Crippen LogP contribution in [-0.2, 0) is 14.3 Å². The Balaban J connectivity index is 2.54. The van der Waals surface area contributed by atoms with E-state index in [0.717, 1.165) is 24.4 Å². The van der Waals surface area contributed by atoms with Crippen molar-refractivity contribution in [2.24, 2.45) is 0 Å². The third-order valence-corrected chi connectivity index (χ3v) is 2.59. The predicted molar refractivity (Wildman–Crippen MR) is 76.5 cm³/mol. The Labute approximate surface area is 114 Å². The Hall–Kier alpha value is -1.59. The molecular weight excluding hydrogens is 244 g/mol. The lowest BCUT2D eigenvalue weighted by atomic mass is 10.2. The number of hydrogen-bond acceptors (Lipinski definition) is 4. The molecule has 106 valence electrons. The van der Waals surface area contributed by atoms with E-state index in [1.807, 2.05) is 24.3 Å². The Morgan fingerprint density at radius 3 is 2.68 bits per heavy atom. The molecule has 0 radical (unpaired) electrons. The van der Waals surface area contributed by atoms with E-state index in [0.29, 0.717) is 6.04 Å². The number of anilines is 2. The molecule has 0 aliphatic heterocycles. The average molecular weight is 266 g/mol. The van der Waals surface area contributed by atoms with Gasteiger partial charge in [0, 0.05) is 38.2 Å². The predicted octanol–water partition coefficient (Wildman–Crippen LogP) is 2.11.